The molecule has 0 saturated carbocycles. The van der Waals surface area contributed by atoms with Crippen LogP contribution in [0, 0.1) is 6.92 Å². The predicted molar refractivity (Wildman–Crippen MR) is 109 cm³/mol. The summed E-state index contributed by atoms with van der Waals surface area (Å²) >= 11 is 0. The van der Waals surface area contributed by atoms with Crippen molar-refractivity contribution < 1.29 is 18.7 Å². The summed E-state index contributed by atoms with van der Waals surface area (Å²) in [4.78, 5) is 12.0. The van der Waals surface area contributed by atoms with Crippen LogP contribution in [0.25, 0.3) is 11.5 Å². The van der Waals surface area contributed by atoms with E-state index in [2.05, 4.69) is 29.4 Å². The summed E-state index contributed by atoms with van der Waals surface area (Å²) in [6, 6.07) is 13.1. The van der Waals surface area contributed by atoms with E-state index >= 15 is 0 Å². The van der Waals surface area contributed by atoms with Crippen molar-refractivity contribution >= 4 is 5.91 Å². The van der Waals surface area contributed by atoms with E-state index in [1.807, 2.05) is 31.2 Å². The minimum atomic E-state index is -0.205. The molecule has 2 aromatic heterocycles. The number of furan rings is 1. The molecule has 0 aliphatic rings. The highest BCUT2D eigenvalue weighted by Crippen LogP contribution is 2.27. The van der Waals surface area contributed by atoms with Gasteiger partial charge in [0.05, 0.1) is 12.8 Å². The summed E-state index contributed by atoms with van der Waals surface area (Å²) < 4.78 is 16.5. The van der Waals surface area contributed by atoms with Gasteiger partial charge >= 0.3 is 0 Å². The first kappa shape index (κ1) is 20.4. The molecular weight excluding hydrogens is 370 g/mol. The van der Waals surface area contributed by atoms with Crippen LogP contribution >= 0.6 is 0 Å². The van der Waals surface area contributed by atoms with Crippen molar-refractivity contribution in [3.8, 4) is 23.1 Å². The number of hydrogen-bond acceptors (Lipinski definition) is 6. The Hall–Kier alpha value is -3.35. The number of benzene rings is 1. The SMILES string of the molecule is Cc1ccc(C(C)C)c(OCC(=O)NCCOc2ccc(-c3ccco3)nn2)c1. The molecule has 3 aromatic rings. The predicted octanol–water partition coefficient (Wildman–Crippen LogP) is 3.74. The normalized spacial score (nSPS) is 10.8. The number of carbonyl (C=O) groups excluding carboxylic acids is 1. The second kappa shape index (κ2) is 9.73. The zero-order valence-corrected chi connectivity index (χ0v) is 16.8. The third kappa shape index (κ3) is 5.81. The van der Waals surface area contributed by atoms with Gasteiger partial charge in [-0.2, -0.15) is 0 Å². The molecule has 0 radical (unpaired) electrons. The molecule has 0 atom stereocenters. The fraction of sp³-hybridized carbons (Fsp3) is 0.318. The number of nitrogens with one attached hydrogen (secondary N) is 1. The van der Waals surface area contributed by atoms with Crippen molar-refractivity contribution in [3.63, 3.8) is 0 Å². The summed E-state index contributed by atoms with van der Waals surface area (Å²) in [5, 5.41) is 10.8. The molecule has 7 nitrogen and oxygen atoms in total. The van der Waals surface area contributed by atoms with Crippen molar-refractivity contribution in [2.75, 3.05) is 19.8 Å². The first-order valence-corrected chi connectivity index (χ1v) is 9.53. The quantitative estimate of drug-likeness (QED) is 0.556. The van der Waals surface area contributed by atoms with Gasteiger partial charge in [0.15, 0.2) is 12.4 Å². The largest absolute Gasteiger partial charge is 0.483 e. The van der Waals surface area contributed by atoms with Crippen LogP contribution in [-0.4, -0.2) is 35.9 Å². The van der Waals surface area contributed by atoms with Crippen LogP contribution in [0.3, 0.4) is 0 Å². The molecule has 0 spiro atoms. The lowest BCUT2D eigenvalue weighted by atomic mass is 10.0. The number of hydrogen-bond donors (Lipinski definition) is 1. The van der Waals surface area contributed by atoms with Crippen LogP contribution in [0.2, 0.25) is 0 Å². The van der Waals surface area contributed by atoms with E-state index in [4.69, 9.17) is 13.9 Å². The molecule has 2 heterocycles. The van der Waals surface area contributed by atoms with Crippen molar-refractivity contribution in [1.29, 1.82) is 0 Å². The molecule has 1 N–H and O–H groups in total. The Labute approximate surface area is 170 Å². The molecule has 0 aliphatic carbocycles. The lowest BCUT2D eigenvalue weighted by Crippen LogP contribution is -2.32. The van der Waals surface area contributed by atoms with Gasteiger partial charge in [0.25, 0.3) is 5.91 Å². The van der Waals surface area contributed by atoms with E-state index in [0.29, 0.717) is 29.8 Å². The van der Waals surface area contributed by atoms with Crippen molar-refractivity contribution in [2.45, 2.75) is 26.7 Å². The van der Waals surface area contributed by atoms with E-state index in [-0.39, 0.29) is 19.1 Å². The lowest BCUT2D eigenvalue weighted by molar-refractivity contribution is -0.123. The Morgan fingerprint density at radius 3 is 2.69 bits per heavy atom. The zero-order valence-electron chi connectivity index (χ0n) is 16.8. The minimum Gasteiger partial charge on any atom is -0.483 e. The first-order valence-electron chi connectivity index (χ1n) is 9.53. The molecule has 3 rings (SSSR count). The molecule has 0 aliphatic heterocycles. The smallest absolute Gasteiger partial charge is 0.258 e. The van der Waals surface area contributed by atoms with Crippen molar-refractivity contribution in [2.24, 2.45) is 0 Å². The molecule has 1 aromatic carbocycles. The summed E-state index contributed by atoms with van der Waals surface area (Å²) in [6.45, 7) is 6.77. The van der Waals surface area contributed by atoms with Gasteiger partial charge in [0.1, 0.15) is 18.1 Å². The number of aryl methyl sites for hydroxylation is 1. The van der Waals surface area contributed by atoms with E-state index in [1.165, 1.54) is 0 Å². The molecule has 152 valence electrons. The van der Waals surface area contributed by atoms with Crippen LogP contribution in [0.1, 0.15) is 30.9 Å². The van der Waals surface area contributed by atoms with Gasteiger partial charge in [0.2, 0.25) is 5.88 Å². The number of rotatable bonds is 9. The van der Waals surface area contributed by atoms with Gasteiger partial charge in [-0.15, -0.1) is 10.2 Å². The van der Waals surface area contributed by atoms with E-state index in [0.717, 1.165) is 16.9 Å². The van der Waals surface area contributed by atoms with Crippen LogP contribution in [-0.2, 0) is 4.79 Å². The number of carbonyl (C=O) groups is 1. The number of nitrogens with zero attached hydrogens (tertiary/aromatic N) is 2. The summed E-state index contributed by atoms with van der Waals surface area (Å²) in [5.41, 5.74) is 2.81. The second-order valence-electron chi connectivity index (χ2n) is 6.92. The van der Waals surface area contributed by atoms with Gasteiger partial charge in [0, 0.05) is 6.07 Å². The van der Waals surface area contributed by atoms with Crippen LogP contribution in [0.15, 0.2) is 53.1 Å². The first-order chi connectivity index (χ1) is 14.0. The third-order valence-electron chi connectivity index (χ3n) is 4.24. The van der Waals surface area contributed by atoms with Gasteiger partial charge in [-0.25, -0.2) is 0 Å². The topological polar surface area (TPSA) is 86.5 Å². The Morgan fingerprint density at radius 1 is 1.14 bits per heavy atom. The second-order valence-corrected chi connectivity index (χ2v) is 6.92. The maximum absolute atomic E-state index is 12.0. The molecule has 7 heteroatoms. The molecule has 0 fully saturated rings. The van der Waals surface area contributed by atoms with Crippen LogP contribution in [0.5, 0.6) is 11.6 Å². The van der Waals surface area contributed by atoms with Gasteiger partial charge in [-0.1, -0.05) is 26.0 Å². The summed E-state index contributed by atoms with van der Waals surface area (Å²) in [6.07, 6.45) is 1.58. The maximum atomic E-state index is 12.0. The van der Waals surface area contributed by atoms with Crippen LogP contribution < -0.4 is 14.8 Å². The Morgan fingerprint density at radius 2 is 2.00 bits per heavy atom. The molecule has 0 bridgehead atoms. The third-order valence-corrected chi connectivity index (χ3v) is 4.24. The highest BCUT2D eigenvalue weighted by Gasteiger charge is 2.10. The standard InChI is InChI=1S/C22H25N3O4/c1-15(2)17-7-6-16(3)13-20(17)29-14-21(26)23-10-12-28-22-9-8-18(24-25-22)19-5-4-11-27-19/h4-9,11,13,15H,10,12,14H2,1-3H3,(H,23,26). The van der Waals surface area contributed by atoms with E-state index in [1.54, 1.807) is 24.5 Å². The number of amides is 1. The van der Waals surface area contributed by atoms with E-state index < -0.39 is 0 Å². The molecule has 0 unspecified atom stereocenters. The monoisotopic (exact) mass is 395 g/mol. The summed E-state index contributed by atoms with van der Waals surface area (Å²) in [7, 11) is 0. The zero-order chi connectivity index (χ0) is 20.6. The molecule has 29 heavy (non-hydrogen) atoms. The lowest BCUT2D eigenvalue weighted by Gasteiger charge is -2.14. The van der Waals surface area contributed by atoms with Crippen LogP contribution in [0.4, 0.5) is 0 Å². The van der Waals surface area contributed by atoms with Crippen molar-refractivity contribution in [3.05, 3.63) is 59.9 Å². The average Bonchev–Trinajstić information content (AvgIpc) is 3.25. The Kier molecular flexibility index (Phi) is 6.84. The highest BCUT2D eigenvalue weighted by molar-refractivity contribution is 5.77. The van der Waals surface area contributed by atoms with Gasteiger partial charge in [-0.3, -0.25) is 4.79 Å². The van der Waals surface area contributed by atoms with Gasteiger partial charge < -0.3 is 19.2 Å². The van der Waals surface area contributed by atoms with E-state index in [9.17, 15) is 4.79 Å². The number of aromatic nitrogens is 2. The fourth-order valence-corrected chi connectivity index (χ4v) is 2.74. The molecular formula is C22H25N3O4. The number of ether oxygens (including phenoxy) is 2. The molecule has 0 saturated heterocycles. The minimum absolute atomic E-state index is 0.0409. The fourth-order valence-electron chi connectivity index (χ4n) is 2.74. The highest BCUT2D eigenvalue weighted by atomic mass is 16.5. The summed E-state index contributed by atoms with van der Waals surface area (Å²) in [5.74, 6) is 1.89. The Bertz CT molecular complexity index is 922. The van der Waals surface area contributed by atoms with Gasteiger partial charge in [-0.05, 0) is 48.2 Å². The Balaban J connectivity index is 1.40. The maximum Gasteiger partial charge on any atom is 0.258 e. The van der Waals surface area contributed by atoms with Crippen molar-refractivity contribution in [1.82, 2.24) is 15.5 Å². The average molecular weight is 395 g/mol. The molecule has 1 amide bonds.